The molecule has 188 valence electrons. The van der Waals surface area contributed by atoms with Gasteiger partial charge in [0.05, 0.1) is 17.3 Å². The molecular weight excluding hydrogens is 436 g/mol. The number of benzene rings is 2. The number of aromatic hydroxyl groups is 1. The number of ether oxygens (including phenoxy) is 1. The van der Waals surface area contributed by atoms with Crippen LogP contribution < -0.4 is 4.74 Å². The molecule has 1 N–H and O–H groups in total. The van der Waals surface area contributed by atoms with Crippen molar-refractivity contribution in [3.05, 3.63) is 53.6 Å². The van der Waals surface area contributed by atoms with Gasteiger partial charge in [0.15, 0.2) is 0 Å². The topological polar surface area (TPSA) is 82.7 Å². The van der Waals surface area contributed by atoms with Gasteiger partial charge in [-0.2, -0.15) is 5.26 Å². The Kier molecular flexibility index (Phi) is 13.9. The lowest BCUT2D eigenvalue weighted by Crippen LogP contribution is -2.07. The SMILES string of the molecule is CCCCCCCCCCCCCCCC(=O)Oc1ccc(C=Nc2ccc(C#N)cc2)c(O)c1. The second-order valence-electron chi connectivity index (χ2n) is 9.10. The smallest absolute Gasteiger partial charge is 0.311 e. The fourth-order valence-corrected chi connectivity index (χ4v) is 3.93. The van der Waals surface area contributed by atoms with Crippen LogP contribution in [0.4, 0.5) is 5.69 Å². The predicted octanol–water partition coefficient (Wildman–Crippen LogP) is 8.40. The number of nitriles is 1. The zero-order valence-corrected chi connectivity index (χ0v) is 21.2. The molecule has 0 amide bonds. The Morgan fingerprint density at radius 1 is 0.886 bits per heavy atom. The monoisotopic (exact) mass is 476 g/mol. The molecule has 0 aliphatic carbocycles. The zero-order chi connectivity index (χ0) is 25.1. The minimum Gasteiger partial charge on any atom is -0.507 e. The van der Waals surface area contributed by atoms with E-state index < -0.39 is 0 Å². The summed E-state index contributed by atoms with van der Waals surface area (Å²) in [5.41, 5.74) is 1.76. The maximum atomic E-state index is 12.1. The molecule has 0 aliphatic rings. The lowest BCUT2D eigenvalue weighted by molar-refractivity contribution is -0.134. The van der Waals surface area contributed by atoms with Crippen LogP contribution in [-0.4, -0.2) is 17.3 Å². The van der Waals surface area contributed by atoms with Gasteiger partial charge in [0.1, 0.15) is 11.5 Å². The summed E-state index contributed by atoms with van der Waals surface area (Å²) in [6.07, 6.45) is 18.4. The minimum atomic E-state index is -0.272. The van der Waals surface area contributed by atoms with Gasteiger partial charge >= 0.3 is 5.97 Å². The first-order chi connectivity index (χ1) is 17.1. The number of rotatable bonds is 17. The van der Waals surface area contributed by atoms with Crippen LogP contribution in [0.15, 0.2) is 47.5 Å². The summed E-state index contributed by atoms with van der Waals surface area (Å²) in [5, 5.41) is 19.1. The van der Waals surface area contributed by atoms with E-state index >= 15 is 0 Å². The molecule has 0 saturated carbocycles. The average Bonchev–Trinajstić information content (AvgIpc) is 2.86. The molecule has 0 unspecified atom stereocenters. The van der Waals surface area contributed by atoms with Crippen molar-refractivity contribution in [2.24, 2.45) is 4.99 Å². The van der Waals surface area contributed by atoms with Gasteiger partial charge < -0.3 is 9.84 Å². The highest BCUT2D eigenvalue weighted by molar-refractivity contribution is 5.86. The first-order valence-corrected chi connectivity index (χ1v) is 13.2. The van der Waals surface area contributed by atoms with Gasteiger partial charge in [0, 0.05) is 24.3 Å². The van der Waals surface area contributed by atoms with E-state index in [0.29, 0.717) is 29.0 Å². The van der Waals surface area contributed by atoms with Crippen molar-refractivity contribution in [1.82, 2.24) is 0 Å². The molecule has 0 radical (unpaired) electrons. The van der Waals surface area contributed by atoms with Gasteiger partial charge in [-0.3, -0.25) is 9.79 Å². The number of phenolic OH excluding ortho intramolecular Hbond substituents is 1. The van der Waals surface area contributed by atoms with Crippen molar-refractivity contribution in [1.29, 1.82) is 5.26 Å². The summed E-state index contributed by atoms with van der Waals surface area (Å²) in [7, 11) is 0. The van der Waals surface area contributed by atoms with E-state index in [1.807, 2.05) is 0 Å². The zero-order valence-electron chi connectivity index (χ0n) is 21.2. The maximum absolute atomic E-state index is 12.1. The fraction of sp³-hybridized carbons (Fsp3) is 0.500. The summed E-state index contributed by atoms with van der Waals surface area (Å²) in [5.74, 6) is 0.0536. The largest absolute Gasteiger partial charge is 0.507 e. The third-order valence-corrected chi connectivity index (χ3v) is 6.07. The van der Waals surface area contributed by atoms with Crippen LogP contribution in [0.3, 0.4) is 0 Å². The minimum absolute atomic E-state index is 0.00588. The highest BCUT2D eigenvalue weighted by Crippen LogP contribution is 2.24. The number of carbonyl (C=O) groups excluding carboxylic acids is 1. The number of phenols is 1. The van der Waals surface area contributed by atoms with Crippen molar-refractivity contribution in [3.63, 3.8) is 0 Å². The molecule has 0 atom stereocenters. The highest BCUT2D eigenvalue weighted by Gasteiger charge is 2.07. The predicted molar refractivity (Wildman–Crippen MR) is 142 cm³/mol. The summed E-state index contributed by atoms with van der Waals surface area (Å²) in [6.45, 7) is 2.26. The number of hydrogen-bond donors (Lipinski definition) is 1. The molecule has 0 spiro atoms. The Labute approximate surface area is 210 Å². The number of esters is 1. The van der Waals surface area contributed by atoms with E-state index in [9.17, 15) is 9.90 Å². The molecule has 0 bridgehead atoms. The molecule has 5 nitrogen and oxygen atoms in total. The van der Waals surface area contributed by atoms with Crippen molar-refractivity contribution < 1.29 is 14.6 Å². The summed E-state index contributed by atoms with van der Waals surface area (Å²) in [6, 6.07) is 13.7. The number of aliphatic imine (C=N–C) groups is 1. The first-order valence-electron chi connectivity index (χ1n) is 13.2. The summed E-state index contributed by atoms with van der Waals surface area (Å²) < 4.78 is 5.37. The van der Waals surface area contributed by atoms with E-state index in [1.165, 1.54) is 76.5 Å². The third kappa shape index (κ3) is 12.2. The molecule has 35 heavy (non-hydrogen) atoms. The molecule has 0 fully saturated rings. The Bertz CT molecular complexity index is 945. The van der Waals surface area contributed by atoms with Gasteiger partial charge in [0.2, 0.25) is 0 Å². The highest BCUT2D eigenvalue weighted by atomic mass is 16.5. The van der Waals surface area contributed by atoms with Gasteiger partial charge in [-0.25, -0.2) is 0 Å². The fourth-order valence-electron chi connectivity index (χ4n) is 3.93. The third-order valence-electron chi connectivity index (χ3n) is 6.07. The van der Waals surface area contributed by atoms with E-state index in [-0.39, 0.29) is 11.7 Å². The summed E-state index contributed by atoms with van der Waals surface area (Å²) >= 11 is 0. The normalized spacial score (nSPS) is 11.0. The molecule has 0 aromatic heterocycles. The lowest BCUT2D eigenvalue weighted by atomic mass is 10.0. The molecular formula is C30H40N2O3. The Morgan fingerprint density at radius 2 is 1.46 bits per heavy atom. The van der Waals surface area contributed by atoms with Crippen molar-refractivity contribution in [2.45, 2.75) is 96.8 Å². The van der Waals surface area contributed by atoms with Gasteiger partial charge in [-0.15, -0.1) is 0 Å². The van der Waals surface area contributed by atoms with Crippen LogP contribution >= 0.6 is 0 Å². The Balaban J connectivity index is 1.57. The van der Waals surface area contributed by atoms with Crippen LogP contribution in [-0.2, 0) is 4.79 Å². The number of carbonyl (C=O) groups is 1. The number of unbranched alkanes of at least 4 members (excludes halogenated alkanes) is 12. The maximum Gasteiger partial charge on any atom is 0.311 e. The van der Waals surface area contributed by atoms with Gasteiger partial charge in [-0.05, 0) is 42.8 Å². The first kappa shape index (κ1) is 28.1. The van der Waals surface area contributed by atoms with E-state index in [0.717, 1.165) is 19.3 Å². The molecule has 0 aliphatic heterocycles. The van der Waals surface area contributed by atoms with Gasteiger partial charge in [-0.1, -0.05) is 84.0 Å². The number of hydrogen-bond acceptors (Lipinski definition) is 5. The Hall–Kier alpha value is -3.13. The molecule has 0 heterocycles. The van der Waals surface area contributed by atoms with Crippen LogP contribution in [0.1, 0.15) is 108 Å². The van der Waals surface area contributed by atoms with E-state index in [1.54, 1.807) is 36.4 Å². The quantitative estimate of drug-likeness (QED) is 0.107. The van der Waals surface area contributed by atoms with Crippen LogP contribution in [0, 0.1) is 11.3 Å². The molecule has 2 aromatic rings. The number of nitrogens with zero attached hydrogens (tertiary/aromatic N) is 2. The lowest BCUT2D eigenvalue weighted by Gasteiger charge is -2.06. The molecule has 2 aromatic carbocycles. The van der Waals surface area contributed by atoms with Crippen molar-refractivity contribution >= 4 is 17.9 Å². The van der Waals surface area contributed by atoms with Crippen LogP contribution in [0.2, 0.25) is 0 Å². The van der Waals surface area contributed by atoms with Gasteiger partial charge in [0.25, 0.3) is 0 Å². The standard InChI is InChI=1S/C30H40N2O3/c1-2-3-4-5-6-7-8-9-10-11-12-13-14-15-30(34)35-28-21-18-26(29(33)22-28)24-32-27-19-16-25(23-31)17-20-27/h16-22,24,33H,2-15H2,1H3. The van der Waals surface area contributed by atoms with E-state index in [2.05, 4.69) is 18.0 Å². The Morgan fingerprint density at radius 3 is 2.00 bits per heavy atom. The molecule has 0 saturated heterocycles. The van der Waals surface area contributed by atoms with Crippen molar-refractivity contribution in [3.8, 4) is 17.6 Å². The second kappa shape index (κ2) is 17.3. The van der Waals surface area contributed by atoms with Crippen molar-refractivity contribution in [2.75, 3.05) is 0 Å². The average molecular weight is 477 g/mol. The molecule has 2 rings (SSSR count). The van der Waals surface area contributed by atoms with Crippen LogP contribution in [0.25, 0.3) is 0 Å². The second-order valence-corrected chi connectivity index (χ2v) is 9.10. The van der Waals surface area contributed by atoms with E-state index in [4.69, 9.17) is 10.00 Å². The summed E-state index contributed by atoms with van der Waals surface area (Å²) in [4.78, 5) is 16.4. The molecule has 5 heteroatoms. The van der Waals surface area contributed by atoms with Crippen LogP contribution in [0.5, 0.6) is 11.5 Å².